The first-order valence-corrected chi connectivity index (χ1v) is 9.21. The van der Waals surface area contributed by atoms with Crippen molar-refractivity contribution in [3.63, 3.8) is 0 Å². The van der Waals surface area contributed by atoms with Gasteiger partial charge in [-0.2, -0.15) is 26.3 Å². The van der Waals surface area contributed by atoms with Crippen LogP contribution in [0.1, 0.15) is 16.7 Å². The Morgan fingerprint density at radius 2 is 1.34 bits per heavy atom. The van der Waals surface area contributed by atoms with Gasteiger partial charge in [-0.25, -0.2) is 0 Å². The minimum Gasteiger partial charge on any atom is -0.394 e. The molecule has 3 aromatic rings. The summed E-state index contributed by atoms with van der Waals surface area (Å²) in [5.41, 5.74) is -5.91. The topological polar surface area (TPSA) is 78.4 Å². The lowest BCUT2D eigenvalue weighted by molar-refractivity contribution is -0.143. The van der Waals surface area contributed by atoms with Crippen LogP contribution in [-0.4, -0.2) is 17.8 Å². The Hall–Kier alpha value is -3.34. The summed E-state index contributed by atoms with van der Waals surface area (Å²) in [6.45, 7) is -0.449. The molecule has 0 bridgehead atoms. The average Bonchev–Trinajstić information content (AvgIpc) is 2.74. The SMILES string of the molecule is O=c1c(Nc2cc(C(F)(F)F)cc(C(F)(F)F)c2)c(NC(CO)Cc2ccccc2)c1=O. The zero-order chi connectivity index (χ0) is 23.7. The number of rotatable bonds is 7. The maximum absolute atomic E-state index is 13.0. The van der Waals surface area contributed by atoms with Crippen LogP contribution in [0.2, 0.25) is 0 Å². The van der Waals surface area contributed by atoms with Crippen molar-refractivity contribution in [1.82, 2.24) is 0 Å². The molecule has 11 heteroatoms. The van der Waals surface area contributed by atoms with E-state index in [0.717, 1.165) is 5.56 Å². The van der Waals surface area contributed by atoms with Crippen molar-refractivity contribution in [2.24, 2.45) is 0 Å². The summed E-state index contributed by atoms with van der Waals surface area (Å²) in [6.07, 6.45) is -9.88. The van der Waals surface area contributed by atoms with Gasteiger partial charge in [0.1, 0.15) is 11.4 Å². The molecule has 0 aliphatic carbocycles. The standard InChI is InChI=1S/C21H16F6N2O3/c22-20(23,24)12-7-13(21(25,26)27)9-14(8-12)28-16-17(19(32)18(16)31)29-15(10-30)6-11-4-2-1-3-5-11/h1-5,7-9,15,28-30H,6,10H2. The molecule has 0 aromatic heterocycles. The zero-order valence-electron chi connectivity index (χ0n) is 16.1. The van der Waals surface area contributed by atoms with Crippen molar-refractivity contribution in [3.05, 3.63) is 85.7 Å². The number of hydrogen-bond acceptors (Lipinski definition) is 5. The van der Waals surface area contributed by atoms with Gasteiger partial charge in [0.2, 0.25) is 0 Å². The van der Waals surface area contributed by atoms with Crippen molar-refractivity contribution < 1.29 is 31.4 Å². The van der Waals surface area contributed by atoms with E-state index in [-0.39, 0.29) is 18.2 Å². The maximum Gasteiger partial charge on any atom is 0.416 e. The summed E-state index contributed by atoms with van der Waals surface area (Å²) in [5.74, 6) is 0. The van der Waals surface area contributed by atoms with Crippen LogP contribution in [0.25, 0.3) is 0 Å². The second kappa shape index (κ2) is 8.65. The Labute approximate surface area is 177 Å². The smallest absolute Gasteiger partial charge is 0.394 e. The van der Waals surface area contributed by atoms with Crippen LogP contribution >= 0.6 is 0 Å². The first-order valence-electron chi connectivity index (χ1n) is 9.21. The van der Waals surface area contributed by atoms with E-state index < -0.39 is 58.4 Å². The van der Waals surface area contributed by atoms with Crippen molar-refractivity contribution in [2.45, 2.75) is 24.8 Å². The van der Waals surface area contributed by atoms with Gasteiger partial charge in [0.05, 0.1) is 23.8 Å². The molecule has 0 fully saturated rings. The number of anilines is 3. The molecule has 0 aliphatic heterocycles. The average molecular weight is 458 g/mol. The van der Waals surface area contributed by atoms with Crippen LogP contribution in [0.15, 0.2) is 58.1 Å². The van der Waals surface area contributed by atoms with E-state index in [1.165, 1.54) is 0 Å². The summed E-state index contributed by atoms with van der Waals surface area (Å²) >= 11 is 0. The van der Waals surface area contributed by atoms with Crippen LogP contribution in [0.5, 0.6) is 0 Å². The Morgan fingerprint density at radius 3 is 1.84 bits per heavy atom. The van der Waals surface area contributed by atoms with E-state index in [1.807, 2.05) is 0 Å². The predicted molar refractivity (Wildman–Crippen MR) is 106 cm³/mol. The first-order chi connectivity index (χ1) is 14.9. The summed E-state index contributed by atoms with van der Waals surface area (Å²) in [6, 6.07) is 8.82. The molecule has 0 radical (unpaired) electrons. The highest BCUT2D eigenvalue weighted by atomic mass is 19.4. The van der Waals surface area contributed by atoms with Gasteiger partial charge in [-0.15, -0.1) is 0 Å². The van der Waals surface area contributed by atoms with Gasteiger partial charge in [0.25, 0.3) is 10.9 Å². The Balaban J connectivity index is 1.90. The van der Waals surface area contributed by atoms with Gasteiger partial charge in [0.15, 0.2) is 0 Å². The fraction of sp³-hybridized carbons (Fsp3) is 0.238. The van der Waals surface area contributed by atoms with Crippen LogP contribution in [0, 0.1) is 0 Å². The molecule has 5 nitrogen and oxygen atoms in total. The van der Waals surface area contributed by atoms with E-state index in [9.17, 15) is 41.0 Å². The molecule has 1 atom stereocenters. The van der Waals surface area contributed by atoms with Gasteiger partial charge in [-0.1, -0.05) is 30.3 Å². The summed E-state index contributed by atoms with van der Waals surface area (Å²) < 4.78 is 78.2. The molecule has 0 aliphatic rings. The number of aliphatic hydroxyl groups excluding tert-OH is 1. The summed E-state index contributed by atoms with van der Waals surface area (Å²) in [5, 5.41) is 14.4. The fourth-order valence-electron chi connectivity index (χ4n) is 3.08. The second-order valence-corrected chi connectivity index (χ2v) is 7.04. The third kappa shape index (κ3) is 5.10. The lowest BCUT2D eigenvalue weighted by Gasteiger charge is -2.22. The largest absolute Gasteiger partial charge is 0.416 e. The molecule has 32 heavy (non-hydrogen) atoms. The molecule has 0 saturated carbocycles. The first kappa shape index (κ1) is 23.3. The van der Waals surface area contributed by atoms with Crippen LogP contribution in [-0.2, 0) is 18.8 Å². The van der Waals surface area contributed by atoms with E-state index in [0.29, 0.717) is 12.1 Å². The van der Waals surface area contributed by atoms with E-state index >= 15 is 0 Å². The molecule has 0 heterocycles. The minimum atomic E-state index is -5.07. The highest BCUT2D eigenvalue weighted by molar-refractivity contribution is 5.79. The lowest BCUT2D eigenvalue weighted by Crippen LogP contribution is -2.40. The van der Waals surface area contributed by atoms with Crippen molar-refractivity contribution in [2.75, 3.05) is 17.2 Å². The molecule has 170 valence electrons. The minimum absolute atomic E-state index is 0.0475. The molecule has 0 spiro atoms. The van der Waals surface area contributed by atoms with E-state index in [2.05, 4.69) is 10.6 Å². The molecular formula is C21H16F6N2O3. The molecule has 1 unspecified atom stereocenters. The molecule has 0 saturated heterocycles. The highest BCUT2D eigenvalue weighted by Gasteiger charge is 2.37. The van der Waals surface area contributed by atoms with Crippen LogP contribution in [0.4, 0.5) is 43.4 Å². The van der Waals surface area contributed by atoms with Gasteiger partial charge in [-0.05, 0) is 30.2 Å². The molecule has 3 aromatic carbocycles. The van der Waals surface area contributed by atoms with Gasteiger partial charge in [0, 0.05) is 5.69 Å². The van der Waals surface area contributed by atoms with Crippen molar-refractivity contribution >= 4 is 17.1 Å². The van der Waals surface area contributed by atoms with Gasteiger partial charge >= 0.3 is 12.4 Å². The number of hydrogen-bond donors (Lipinski definition) is 3. The van der Waals surface area contributed by atoms with E-state index in [4.69, 9.17) is 0 Å². The van der Waals surface area contributed by atoms with Crippen molar-refractivity contribution in [1.29, 1.82) is 0 Å². The van der Waals surface area contributed by atoms with Crippen molar-refractivity contribution in [3.8, 4) is 0 Å². The molecular weight excluding hydrogens is 442 g/mol. The quantitative estimate of drug-likeness (QED) is 0.368. The molecule has 3 rings (SSSR count). The third-order valence-electron chi connectivity index (χ3n) is 4.66. The third-order valence-corrected chi connectivity index (χ3v) is 4.66. The van der Waals surface area contributed by atoms with Crippen LogP contribution < -0.4 is 21.5 Å². The van der Waals surface area contributed by atoms with Gasteiger partial charge < -0.3 is 15.7 Å². The number of aliphatic hydroxyl groups is 1. The van der Waals surface area contributed by atoms with E-state index in [1.54, 1.807) is 30.3 Å². The Bertz CT molecular complexity index is 1130. The van der Waals surface area contributed by atoms with Gasteiger partial charge in [-0.3, -0.25) is 9.59 Å². The Morgan fingerprint density at radius 1 is 0.812 bits per heavy atom. The zero-order valence-corrected chi connectivity index (χ0v) is 16.1. The van der Waals surface area contributed by atoms with Crippen LogP contribution in [0.3, 0.4) is 0 Å². The number of alkyl halides is 6. The molecule has 3 N–H and O–H groups in total. The highest BCUT2D eigenvalue weighted by Crippen LogP contribution is 2.38. The number of nitrogens with one attached hydrogen (secondary N) is 2. The fourth-order valence-corrected chi connectivity index (χ4v) is 3.08. The Kier molecular flexibility index (Phi) is 6.31. The maximum atomic E-state index is 13.0. The summed E-state index contributed by atoms with van der Waals surface area (Å²) in [7, 11) is 0. The second-order valence-electron chi connectivity index (χ2n) is 7.04. The molecule has 0 amide bonds. The number of halogens is 6. The normalized spacial score (nSPS) is 13.2. The lowest BCUT2D eigenvalue weighted by atomic mass is 10.0. The predicted octanol–water partition coefficient (Wildman–Crippen LogP) is 4.08. The summed E-state index contributed by atoms with van der Waals surface area (Å²) in [4.78, 5) is 23.9. The number of benzene rings is 2. The monoisotopic (exact) mass is 458 g/mol.